The van der Waals surface area contributed by atoms with Crippen LogP contribution in [0.3, 0.4) is 0 Å². The fraction of sp³-hybridized carbons (Fsp3) is 0.484. The highest BCUT2D eigenvalue weighted by atomic mass is 16.5. The second-order valence-electron chi connectivity index (χ2n) is 11.5. The van der Waals surface area contributed by atoms with Crippen molar-refractivity contribution in [3.8, 4) is 17.0 Å². The summed E-state index contributed by atoms with van der Waals surface area (Å²) in [5.41, 5.74) is 5.53. The van der Waals surface area contributed by atoms with Crippen molar-refractivity contribution in [3.05, 3.63) is 53.1 Å². The highest BCUT2D eigenvalue weighted by molar-refractivity contribution is 6.00. The molecule has 0 bridgehead atoms. The molecular formula is C31H34N2O5. The van der Waals surface area contributed by atoms with Gasteiger partial charge >= 0.3 is 5.97 Å². The van der Waals surface area contributed by atoms with Crippen LogP contribution in [0.25, 0.3) is 22.2 Å². The van der Waals surface area contributed by atoms with Crippen molar-refractivity contribution in [2.45, 2.75) is 56.9 Å². The SMILES string of the molecule is COc1ccc2c(c1)C1CC1(C(=O)N1CCOCC1)Cn1c-2c(C2CCCCC2)c2ccc(C(=O)O)cc21. The molecule has 0 spiro atoms. The van der Waals surface area contributed by atoms with E-state index in [-0.39, 0.29) is 17.4 Å². The number of methoxy groups -OCH3 is 1. The molecule has 4 aliphatic rings. The van der Waals surface area contributed by atoms with Crippen LogP contribution >= 0.6 is 0 Å². The topological polar surface area (TPSA) is 81.0 Å². The number of carbonyl (C=O) groups is 2. The van der Waals surface area contributed by atoms with E-state index in [2.05, 4.69) is 16.7 Å². The Morgan fingerprint density at radius 2 is 1.84 bits per heavy atom. The Bertz CT molecular complexity index is 1450. The first-order valence-electron chi connectivity index (χ1n) is 14.0. The summed E-state index contributed by atoms with van der Waals surface area (Å²) in [4.78, 5) is 28.2. The molecule has 1 saturated heterocycles. The molecule has 38 heavy (non-hydrogen) atoms. The number of fused-ring (bicyclic) bond motifs is 7. The van der Waals surface area contributed by atoms with E-state index in [9.17, 15) is 14.7 Å². The zero-order valence-electron chi connectivity index (χ0n) is 21.9. The third kappa shape index (κ3) is 3.51. The van der Waals surface area contributed by atoms with Crippen molar-refractivity contribution in [1.82, 2.24) is 9.47 Å². The number of benzene rings is 2. The van der Waals surface area contributed by atoms with Gasteiger partial charge in [0.2, 0.25) is 5.91 Å². The molecule has 2 atom stereocenters. The second kappa shape index (κ2) is 8.87. The molecule has 1 aromatic heterocycles. The number of aromatic carboxylic acids is 1. The van der Waals surface area contributed by atoms with Crippen LogP contribution in [0.1, 0.15) is 71.8 Å². The standard InChI is InChI=1S/C31H34N2O5/c1-37-21-8-10-22-24(16-21)25-17-31(25,30(36)32-11-13-38-14-12-32)18-33-26-15-20(29(34)35)7-9-23(26)27(28(22)33)19-5-3-2-4-6-19/h7-10,15-16,19,25H,2-6,11-14,17-18H2,1H3,(H,34,35). The summed E-state index contributed by atoms with van der Waals surface area (Å²) in [5.74, 6) is 0.611. The monoisotopic (exact) mass is 514 g/mol. The van der Waals surface area contributed by atoms with Crippen molar-refractivity contribution in [3.63, 3.8) is 0 Å². The Hall–Kier alpha value is -3.32. The van der Waals surface area contributed by atoms with Gasteiger partial charge in [-0.05, 0) is 66.6 Å². The molecule has 2 aromatic carbocycles. The predicted molar refractivity (Wildman–Crippen MR) is 144 cm³/mol. The van der Waals surface area contributed by atoms with Gasteiger partial charge in [0.05, 0.1) is 37.0 Å². The maximum absolute atomic E-state index is 14.2. The number of carboxylic acids is 1. The molecule has 7 heteroatoms. The molecule has 1 amide bonds. The summed E-state index contributed by atoms with van der Waals surface area (Å²) in [6.07, 6.45) is 6.75. The number of aromatic nitrogens is 1. The third-order valence-corrected chi connectivity index (χ3v) is 9.49. The van der Waals surface area contributed by atoms with Crippen LogP contribution in [0.15, 0.2) is 36.4 Å². The number of ether oxygens (including phenoxy) is 2. The van der Waals surface area contributed by atoms with E-state index in [0.717, 1.165) is 35.9 Å². The lowest BCUT2D eigenvalue weighted by Gasteiger charge is -2.31. The van der Waals surface area contributed by atoms with Crippen molar-refractivity contribution in [1.29, 1.82) is 0 Å². The van der Waals surface area contributed by atoms with Crippen LogP contribution in [0.2, 0.25) is 0 Å². The van der Waals surface area contributed by atoms with E-state index in [1.54, 1.807) is 13.2 Å². The zero-order chi connectivity index (χ0) is 26.0. The summed E-state index contributed by atoms with van der Waals surface area (Å²) in [6.45, 7) is 2.94. The van der Waals surface area contributed by atoms with Crippen LogP contribution in [0.5, 0.6) is 5.75 Å². The van der Waals surface area contributed by atoms with Gasteiger partial charge in [-0.15, -0.1) is 0 Å². The molecule has 2 unspecified atom stereocenters. The van der Waals surface area contributed by atoms with Crippen LogP contribution < -0.4 is 4.74 Å². The first-order chi connectivity index (χ1) is 18.5. The maximum Gasteiger partial charge on any atom is 0.335 e. The Morgan fingerprint density at radius 3 is 2.58 bits per heavy atom. The Morgan fingerprint density at radius 1 is 1.05 bits per heavy atom. The van der Waals surface area contributed by atoms with E-state index in [0.29, 0.717) is 38.8 Å². The number of morpholine rings is 1. The van der Waals surface area contributed by atoms with Gasteiger partial charge in [0.15, 0.2) is 0 Å². The molecule has 198 valence electrons. The largest absolute Gasteiger partial charge is 0.497 e. The number of hydrogen-bond donors (Lipinski definition) is 1. The van der Waals surface area contributed by atoms with Gasteiger partial charge in [-0.2, -0.15) is 0 Å². The first-order valence-corrected chi connectivity index (χ1v) is 14.0. The van der Waals surface area contributed by atoms with E-state index in [4.69, 9.17) is 9.47 Å². The summed E-state index contributed by atoms with van der Waals surface area (Å²) < 4.78 is 13.5. The van der Waals surface area contributed by atoms with Gasteiger partial charge in [-0.3, -0.25) is 4.79 Å². The highest BCUT2D eigenvalue weighted by Gasteiger charge is 2.63. The van der Waals surface area contributed by atoms with Gasteiger partial charge in [-0.1, -0.05) is 25.3 Å². The minimum absolute atomic E-state index is 0.111. The van der Waals surface area contributed by atoms with Gasteiger partial charge in [0.25, 0.3) is 0 Å². The van der Waals surface area contributed by atoms with Crippen LogP contribution in [-0.4, -0.2) is 59.9 Å². The van der Waals surface area contributed by atoms with E-state index in [1.165, 1.54) is 41.6 Å². The summed E-state index contributed by atoms with van der Waals surface area (Å²) >= 11 is 0. The molecule has 7 rings (SSSR count). The van der Waals surface area contributed by atoms with Crippen LogP contribution in [0.4, 0.5) is 0 Å². The van der Waals surface area contributed by atoms with Crippen LogP contribution in [0, 0.1) is 5.41 Å². The molecule has 2 aliphatic carbocycles. The van der Waals surface area contributed by atoms with E-state index < -0.39 is 11.4 Å². The van der Waals surface area contributed by atoms with Gasteiger partial charge in [0.1, 0.15) is 5.75 Å². The minimum atomic E-state index is -0.927. The van der Waals surface area contributed by atoms with Gasteiger partial charge in [0, 0.05) is 42.0 Å². The molecule has 3 fully saturated rings. The molecule has 2 aliphatic heterocycles. The second-order valence-corrected chi connectivity index (χ2v) is 11.5. The number of hydrogen-bond acceptors (Lipinski definition) is 4. The predicted octanol–water partition coefficient (Wildman–Crippen LogP) is 5.41. The summed E-state index contributed by atoms with van der Waals surface area (Å²) in [5, 5.41) is 11.0. The number of rotatable bonds is 4. The lowest BCUT2D eigenvalue weighted by molar-refractivity contribution is -0.141. The summed E-state index contributed by atoms with van der Waals surface area (Å²) in [7, 11) is 1.69. The zero-order valence-corrected chi connectivity index (χ0v) is 21.9. The van der Waals surface area contributed by atoms with Gasteiger partial charge in [-0.25, -0.2) is 4.79 Å². The average Bonchev–Trinajstić information content (AvgIpc) is 3.63. The van der Waals surface area contributed by atoms with Crippen molar-refractivity contribution in [2.24, 2.45) is 5.41 Å². The molecule has 7 nitrogen and oxygen atoms in total. The minimum Gasteiger partial charge on any atom is -0.497 e. The molecule has 3 heterocycles. The smallest absolute Gasteiger partial charge is 0.335 e. The van der Waals surface area contributed by atoms with E-state index in [1.807, 2.05) is 23.1 Å². The van der Waals surface area contributed by atoms with E-state index >= 15 is 0 Å². The lowest BCUT2D eigenvalue weighted by atomic mass is 9.81. The quantitative estimate of drug-likeness (QED) is 0.504. The first kappa shape index (κ1) is 23.8. The molecule has 3 aromatic rings. The Balaban J connectivity index is 1.49. The molecule has 0 radical (unpaired) electrons. The fourth-order valence-electron chi connectivity index (χ4n) is 7.50. The lowest BCUT2D eigenvalue weighted by Crippen LogP contribution is -2.45. The number of nitrogens with zero attached hydrogens (tertiary/aromatic N) is 2. The molecule has 2 saturated carbocycles. The van der Waals surface area contributed by atoms with Crippen molar-refractivity contribution >= 4 is 22.8 Å². The number of amides is 1. The van der Waals surface area contributed by atoms with Crippen molar-refractivity contribution < 1.29 is 24.2 Å². The van der Waals surface area contributed by atoms with Crippen molar-refractivity contribution in [2.75, 3.05) is 33.4 Å². The highest BCUT2D eigenvalue weighted by Crippen LogP contribution is 2.66. The fourth-order valence-corrected chi connectivity index (χ4v) is 7.50. The third-order valence-electron chi connectivity index (χ3n) is 9.49. The summed E-state index contributed by atoms with van der Waals surface area (Å²) in [6, 6.07) is 11.9. The van der Waals surface area contributed by atoms with Crippen LogP contribution in [-0.2, 0) is 16.1 Å². The Labute approximate surface area is 222 Å². The average molecular weight is 515 g/mol. The Kier molecular flexibility index (Phi) is 5.55. The maximum atomic E-state index is 14.2. The number of carbonyl (C=O) groups excluding carboxylic acids is 1. The molecule has 1 N–H and O–H groups in total. The molecular weight excluding hydrogens is 480 g/mol. The normalized spacial score (nSPS) is 24.8. The van der Waals surface area contributed by atoms with Gasteiger partial charge < -0.3 is 24.0 Å². The number of carboxylic acid groups (broad SMARTS) is 1.